The number of rotatable bonds is 11. The smallest absolute Gasteiger partial charge is 0.261 e. The summed E-state index contributed by atoms with van der Waals surface area (Å²) in [6.45, 7) is 10.3. The zero-order valence-electron chi connectivity index (χ0n) is 19.5. The first kappa shape index (κ1) is 24.4. The van der Waals surface area contributed by atoms with Crippen LogP contribution in [0.4, 0.5) is 0 Å². The van der Waals surface area contributed by atoms with Gasteiger partial charge in [-0.25, -0.2) is 0 Å². The summed E-state index contributed by atoms with van der Waals surface area (Å²) in [6, 6.07) is 15.4. The van der Waals surface area contributed by atoms with Crippen LogP contribution < -0.4 is 10.1 Å². The molecule has 0 aliphatic heterocycles. The number of ether oxygens (including phenoxy) is 1. The van der Waals surface area contributed by atoms with Crippen LogP contribution in [0.25, 0.3) is 0 Å². The number of carbonyl (C=O) groups is 2. The van der Waals surface area contributed by atoms with Gasteiger partial charge in [-0.3, -0.25) is 9.59 Å². The minimum absolute atomic E-state index is 0.0686. The molecule has 0 aromatic heterocycles. The number of aryl methyl sites for hydroxylation is 2. The Balaban J connectivity index is 2.15. The first-order valence-corrected chi connectivity index (χ1v) is 11.2. The minimum atomic E-state index is -0.520. The van der Waals surface area contributed by atoms with Gasteiger partial charge in [-0.2, -0.15) is 0 Å². The van der Waals surface area contributed by atoms with Crippen molar-refractivity contribution in [2.24, 2.45) is 0 Å². The van der Waals surface area contributed by atoms with E-state index >= 15 is 0 Å². The first-order chi connectivity index (χ1) is 14.8. The fourth-order valence-corrected chi connectivity index (χ4v) is 3.52. The summed E-state index contributed by atoms with van der Waals surface area (Å²) in [6.07, 6.45) is 2.07. The van der Waals surface area contributed by atoms with Crippen molar-refractivity contribution in [1.29, 1.82) is 0 Å². The van der Waals surface area contributed by atoms with Crippen LogP contribution in [0.1, 0.15) is 50.3 Å². The maximum Gasteiger partial charge on any atom is 0.261 e. The molecule has 0 heterocycles. The Hall–Kier alpha value is -2.82. The minimum Gasteiger partial charge on any atom is -0.483 e. The summed E-state index contributed by atoms with van der Waals surface area (Å²) in [5.41, 5.74) is 3.27. The van der Waals surface area contributed by atoms with Crippen molar-refractivity contribution >= 4 is 11.8 Å². The highest BCUT2D eigenvalue weighted by molar-refractivity contribution is 5.88. The molecule has 2 aromatic rings. The van der Waals surface area contributed by atoms with Crippen molar-refractivity contribution in [3.8, 4) is 5.75 Å². The van der Waals surface area contributed by atoms with Crippen LogP contribution in [-0.4, -0.2) is 41.9 Å². The molecule has 168 valence electrons. The molecule has 0 aliphatic rings. The van der Waals surface area contributed by atoms with Crippen molar-refractivity contribution in [3.05, 3.63) is 65.2 Å². The van der Waals surface area contributed by atoms with E-state index in [4.69, 9.17) is 4.74 Å². The van der Waals surface area contributed by atoms with Gasteiger partial charge in [0.05, 0.1) is 0 Å². The number of hydrogen-bond acceptors (Lipinski definition) is 3. The largest absolute Gasteiger partial charge is 0.483 e. The van der Waals surface area contributed by atoms with Crippen molar-refractivity contribution in [2.45, 2.75) is 66.0 Å². The van der Waals surface area contributed by atoms with Gasteiger partial charge in [0, 0.05) is 12.6 Å². The number of nitrogens with one attached hydrogen (secondary N) is 1. The molecular weight excluding hydrogens is 388 g/mol. The number of hydrogen-bond donors (Lipinski definition) is 1. The van der Waals surface area contributed by atoms with E-state index in [1.807, 2.05) is 83.1 Å². The van der Waals surface area contributed by atoms with Gasteiger partial charge in [0.15, 0.2) is 6.61 Å². The highest BCUT2D eigenvalue weighted by Crippen LogP contribution is 2.19. The van der Waals surface area contributed by atoms with E-state index in [0.717, 1.165) is 23.1 Å². The maximum absolute atomic E-state index is 13.2. The second kappa shape index (κ2) is 12.1. The third kappa shape index (κ3) is 7.42. The lowest BCUT2D eigenvalue weighted by molar-refractivity contribution is -0.142. The van der Waals surface area contributed by atoms with Crippen molar-refractivity contribution in [1.82, 2.24) is 10.2 Å². The highest BCUT2D eigenvalue weighted by atomic mass is 16.5. The summed E-state index contributed by atoms with van der Waals surface area (Å²) >= 11 is 0. The Bertz CT molecular complexity index is 851. The molecule has 2 aromatic carbocycles. The molecule has 0 saturated carbocycles. The molecule has 0 saturated heterocycles. The van der Waals surface area contributed by atoms with E-state index in [1.54, 1.807) is 4.90 Å². The number of carbonyl (C=O) groups excluding carboxylic acids is 2. The van der Waals surface area contributed by atoms with E-state index < -0.39 is 6.04 Å². The Morgan fingerprint density at radius 3 is 2.35 bits per heavy atom. The van der Waals surface area contributed by atoms with E-state index in [2.05, 4.69) is 5.32 Å². The number of benzene rings is 2. The fourth-order valence-electron chi connectivity index (χ4n) is 3.52. The second-order valence-electron chi connectivity index (χ2n) is 8.12. The predicted molar refractivity (Wildman–Crippen MR) is 125 cm³/mol. The summed E-state index contributed by atoms with van der Waals surface area (Å²) in [5, 5.41) is 3.03. The van der Waals surface area contributed by atoms with Gasteiger partial charge in [0.2, 0.25) is 5.91 Å². The summed E-state index contributed by atoms with van der Waals surface area (Å²) < 4.78 is 5.84. The molecule has 0 radical (unpaired) electrons. The van der Waals surface area contributed by atoms with Crippen LogP contribution in [0.15, 0.2) is 48.5 Å². The van der Waals surface area contributed by atoms with Crippen LogP contribution >= 0.6 is 0 Å². The van der Waals surface area contributed by atoms with Gasteiger partial charge in [0.1, 0.15) is 11.8 Å². The Morgan fingerprint density at radius 2 is 1.74 bits per heavy atom. The molecule has 2 amide bonds. The summed E-state index contributed by atoms with van der Waals surface area (Å²) in [4.78, 5) is 27.8. The fraction of sp³-hybridized carbons (Fsp3) is 0.462. The molecule has 5 nitrogen and oxygen atoms in total. The zero-order valence-corrected chi connectivity index (χ0v) is 19.5. The van der Waals surface area contributed by atoms with Gasteiger partial charge in [-0.15, -0.1) is 0 Å². The molecule has 2 atom stereocenters. The van der Waals surface area contributed by atoms with Crippen LogP contribution in [0, 0.1) is 13.8 Å². The van der Waals surface area contributed by atoms with Crippen LogP contribution in [0.5, 0.6) is 5.75 Å². The Labute approximate surface area is 186 Å². The van der Waals surface area contributed by atoms with E-state index in [9.17, 15) is 9.59 Å². The second-order valence-corrected chi connectivity index (χ2v) is 8.12. The van der Waals surface area contributed by atoms with Crippen LogP contribution in [0.3, 0.4) is 0 Å². The van der Waals surface area contributed by atoms with Gasteiger partial charge in [-0.05, 0) is 57.2 Å². The zero-order chi connectivity index (χ0) is 22.8. The molecular formula is C26H36N2O3. The van der Waals surface area contributed by atoms with Crippen LogP contribution in [0.2, 0.25) is 0 Å². The monoisotopic (exact) mass is 424 g/mol. The standard InChI is InChI=1S/C26H36N2O3/c1-6-21(5)27-26(30)23(7-2)28(16-15-22-11-9-8-10-12-22)25(29)18-31-24-14-13-19(3)17-20(24)4/h8-14,17,21,23H,6-7,15-16,18H2,1-5H3,(H,27,30)/t21-,23+/m0/s1. The molecule has 5 heteroatoms. The Kier molecular flexibility index (Phi) is 9.57. The molecule has 1 N–H and O–H groups in total. The van der Waals surface area contributed by atoms with Crippen LogP contribution in [-0.2, 0) is 16.0 Å². The van der Waals surface area contributed by atoms with Crippen molar-refractivity contribution in [2.75, 3.05) is 13.2 Å². The van der Waals surface area contributed by atoms with Gasteiger partial charge >= 0.3 is 0 Å². The molecule has 0 fully saturated rings. The third-order valence-electron chi connectivity index (χ3n) is 5.55. The molecule has 0 spiro atoms. The quantitative estimate of drug-likeness (QED) is 0.580. The van der Waals surface area contributed by atoms with E-state index in [0.29, 0.717) is 25.1 Å². The number of amides is 2. The SMILES string of the molecule is CC[C@H](C(=O)N[C@@H](C)CC)N(CCc1ccccc1)C(=O)COc1ccc(C)cc1C. The molecule has 0 aliphatic carbocycles. The average Bonchev–Trinajstić information content (AvgIpc) is 2.76. The Morgan fingerprint density at radius 1 is 1.03 bits per heavy atom. The predicted octanol–water partition coefficient (Wildman–Crippen LogP) is 4.45. The first-order valence-electron chi connectivity index (χ1n) is 11.2. The van der Waals surface area contributed by atoms with Crippen molar-refractivity contribution in [3.63, 3.8) is 0 Å². The molecule has 2 rings (SSSR count). The molecule has 0 bridgehead atoms. The lowest BCUT2D eigenvalue weighted by atomic mass is 10.1. The van der Waals surface area contributed by atoms with Gasteiger partial charge in [0.25, 0.3) is 5.91 Å². The normalized spacial score (nSPS) is 12.7. The lowest BCUT2D eigenvalue weighted by Crippen LogP contribution is -2.52. The topological polar surface area (TPSA) is 58.6 Å². The van der Waals surface area contributed by atoms with Gasteiger partial charge in [-0.1, -0.05) is 61.9 Å². The molecule has 0 unspecified atom stereocenters. The average molecular weight is 425 g/mol. The van der Waals surface area contributed by atoms with E-state index in [1.165, 1.54) is 0 Å². The maximum atomic E-state index is 13.2. The van der Waals surface area contributed by atoms with E-state index in [-0.39, 0.29) is 24.5 Å². The third-order valence-corrected chi connectivity index (χ3v) is 5.55. The summed E-state index contributed by atoms with van der Waals surface area (Å²) in [7, 11) is 0. The lowest BCUT2D eigenvalue weighted by Gasteiger charge is -2.31. The van der Waals surface area contributed by atoms with Gasteiger partial charge < -0.3 is 15.0 Å². The molecule has 31 heavy (non-hydrogen) atoms. The highest BCUT2D eigenvalue weighted by Gasteiger charge is 2.29. The summed E-state index contributed by atoms with van der Waals surface area (Å²) in [5.74, 6) is 0.408. The van der Waals surface area contributed by atoms with Crippen molar-refractivity contribution < 1.29 is 14.3 Å². The number of nitrogens with zero attached hydrogens (tertiary/aromatic N) is 1.